The first-order chi connectivity index (χ1) is 21.1. The van der Waals surface area contributed by atoms with E-state index in [9.17, 15) is 15.9 Å². The van der Waals surface area contributed by atoms with Crippen molar-refractivity contribution >= 4 is 23.2 Å². The third kappa shape index (κ3) is 6.56. The molecule has 43 heavy (non-hydrogen) atoms. The van der Waals surface area contributed by atoms with Crippen molar-refractivity contribution in [3.63, 3.8) is 0 Å². The van der Waals surface area contributed by atoms with Crippen LogP contribution in [0.5, 0.6) is 5.75 Å². The van der Waals surface area contributed by atoms with E-state index >= 15 is 0 Å². The Kier molecular flexibility index (Phi) is 9.40. The number of azide groups is 2. The van der Waals surface area contributed by atoms with Gasteiger partial charge in [-0.25, -0.2) is 10.0 Å². The van der Waals surface area contributed by atoms with Crippen LogP contribution in [0.4, 0.5) is 11.4 Å². The molecule has 13 heteroatoms. The molecule has 0 saturated carbocycles. The lowest BCUT2D eigenvalue weighted by atomic mass is 9.81. The Bertz CT molecular complexity index is 1580. The third-order valence-corrected chi connectivity index (χ3v) is 7.37. The minimum Gasteiger partial charge on any atom is -0.494 e. The van der Waals surface area contributed by atoms with Crippen LogP contribution in [0, 0.1) is 0 Å². The highest BCUT2D eigenvalue weighted by Crippen LogP contribution is 2.46. The Hall–Kier alpha value is -5.06. The van der Waals surface area contributed by atoms with Crippen LogP contribution >= 0.6 is 0 Å². The fraction of sp³-hybridized carbons (Fsp3) is 0.333. The minimum absolute atomic E-state index is 0.0307. The normalized spacial score (nSPS) is 19.5. The summed E-state index contributed by atoms with van der Waals surface area (Å²) in [5.74, 6) is 0.438. The van der Waals surface area contributed by atoms with E-state index in [2.05, 4.69) is 25.5 Å². The molecular weight excluding hydrogens is 550 g/mol. The van der Waals surface area contributed by atoms with Gasteiger partial charge in [0.2, 0.25) is 5.90 Å². The number of rotatable bonds is 12. The van der Waals surface area contributed by atoms with Crippen LogP contribution in [-0.4, -0.2) is 53.8 Å². The maximum atomic E-state index is 14.4. The molecule has 0 spiro atoms. The van der Waals surface area contributed by atoms with Gasteiger partial charge in [0.1, 0.15) is 5.75 Å². The van der Waals surface area contributed by atoms with Crippen molar-refractivity contribution in [3.05, 3.63) is 110 Å². The number of carbonyl (C=O) groups excluding carboxylic acids is 1. The summed E-state index contributed by atoms with van der Waals surface area (Å²) >= 11 is 0. The average molecular weight is 582 g/mol. The maximum absolute atomic E-state index is 14.4. The van der Waals surface area contributed by atoms with Gasteiger partial charge in [-0.05, 0) is 53.7 Å². The number of hydrazine groups is 1. The standard InChI is InChI=1S/C30H31N9O4/c31-37-34-25-10-3-1-8-22(25)20-30(29(41)36-39-16-5-6-17-39)27(24-9-2-4-11-26(24)35-38-32)43-28(33-30)21-12-14-23(15-13-21)42-19-7-18-40/h1-4,8-15,27,40H,5-7,16-20H2,(H,36,41)/t27-,30-/m0/s1. The summed E-state index contributed by atoms with van der Waals surface area (Å²) in [4.78, 5) is 25.4. The van der Waals surface area contributed by atoms with Gasteiger partial charge < -0.3 is 14.6 Å². The SMILES string of the molecule is [N-]=[N+]=Nc1ccccc1C[C@]1(C(=O)NN2CCCC2)N=C(c2ccc(OCCCO)cc2)O[C@H]1c1ccccc1N=[N+]=[N-]. The highest BCUT2D eigenvalue weighted by molar-refractivity contribution is 6.01. The predicted octanol–water partition coefficient (Wildman–Crippen LogP) is 5.96. The number of aliphatic hydroxyl groups excluding tert-OH is 1. The fourth-order valence-electron chi connectivity index (χ4n) is 5.27. The van der Waals surface area contributed by atoms with E-state index in [0.717, 1.165) is 12.8 Å². The van der Waals surface area contributed by atoms with Gasteiger partial charge in [0, 0.05) is 64.9 Å². The zero-order valence-corrected chi connectivity index (χ0v) is 23.4. The topological polar surface area (TPSA) is 181 Å². The molecule has 220 valence electrons. The van der Waals surface area contributed by atoms with Crippen LogP contribution in [0.25, 0.3) is 20.9 Å². The molecule has 1 amide bonds. The second kappa shape index (κ2) is 13.7. The Morgan fingerprint density at radius 1 is 1.02 bits per heavy atom. The molecule has 13 nitrogen and oxygen atoms in total. The molecule has 2 aliphatic heterocycles. The molecule has 3 aromatic carbocycles. The highest BCUT2D eigenvalue weighted by Gasteiger charge is 2.54. The van der Waals surface area contributed by atoms with Crippen molar-refractivity contribution in [3.8, 4) is 5.75 Å². The lowest BCUT2D eigenvalue weighted by Crippen LogP contribution is -2.54. The van der Waals surface area contributed by atoms with Crippen molar-refractivity contribution < 1.29 is 19.4 Å². The number of hydrogen-bond donors (Lipinski definition) is 2. The lowest BCUT2D eigenvalue weighted by molar-refractivity contribution is -0.133. The van der Waals surface area contributed by atoms with Gasteiger partial charge in [-0.1, -0.05) is 58.8 Å². The van der Waals surface area contributed by atoms with E-state index in [4.69, 9.17) is 19.6 Å². The monoisotopic (exact) mass is 581 g/mol. The van der Waals surface area contributed by atoms with Crippen molar-refractivity contribution in [2.24, 2.45) is 15.2 Å². The van der Waals surface area contributed by atoms with Crippen LogP contribution in [0.1, 0.15) is 42.1 Å². The number of carbonyl (C=O) groups is 1. The van der Waals surface area contributed by atoms with Gasteiger partial charge in [-0.15, -0.1) is 0 Å². The zero-order chi connectivity index (χ0) is 30.1. The van der Waals surface area contributed by atoms with Gasteiger partial charge >= 0.3 is 0 Å². The summed E-state index contributed by atoms with van der Waals surface area (Å²) in [5, 5.41) is 18.7. The molecule has 2 aliphatic rings. The molecule has 0 unspecified atom stereocenters. The molecule has 0 bridgehead atoms. The first-order valence-corrected chi connectivity index (χ1v) is 14.0. The number of amides is 1. The Balaban J connectivity index is 1.64. The largest absolute Gasteiger partial charge is 0.494 e. The zero-order valence-electron chi connectivity index (χ0n) is 23.4. The summed E-state index contributed by atoms with van der Waals surface area (Å²) in [7, 11) is 0. The molecule has 0 radical (unpaired) electrons. The fourth-order valence-corrected chi connectivity index (χ4v) is 5.27. The van der Waals surface area contributed by atoms with E-state index < -0.39 is 17.6 Å². The number of benzene rings is 3. The van der Waals surface area contributed by atoms with Crippen molar-refractivity contribution in [2.75, 3.05) is 26.3 Å². The summed E-state index contributed by atoms with van der Waals surface area (Å²) in [6.45, 7) is 1.81. The highest BCUT2D eigenvalue weighted by atomic mass is 16.5. The third-order valence-electron chi connectivity index (χ3n) is 7.37. The van der Waals surface area contributed by atoms with Crippen LogP contribution in [-0.2, 0) is 16.0 Å². The van der Waals surface area contributed by atoms with Crippen molar-refractivity contribution in [2.45, 2.75) is 37.3 Å². The summed E-state index contributed by atoms with van der Waals surface area (Å²) < 4.78 is 12.2. The quantitative estimate of drug-likeness (QED) is 0.116. The van der Waals surface area contributed by atoms with Crippen LogP contribution < -0.4 is 10.2 Å². The summed E-state index contributed by atoms with van der Waals surface area (Å²) in [5.41, 5.74) is 22.4. The molecule has 3 aromatic rings. The molecule has 2 N–H and O–H groups in total. The number of hydrogen-bond acceptors (Lipinski definition) is 8. The van der Waals surface area contributed by atoms with Gasteiger partial charge in [-0.3, -0.25) is 10.2 Å². The molecule has 1 fully saturated rings. The van der Waals surface area contributed by atoms with Crippen LogP contribution in [0.3, 0.4) is 0 Å². The van der Waals surface area contributed by atoms with E-state index in [-0.39, 0.29) is 18.9 Å². The number of aliphatic hydroxyl groups is 1. The molecule has 0 aliphatic carbocycles. The lowest BCUT2D eigenvalue weighted by Gasteiger charge is -2.33. The molecule has 2 heterocycles. The summed E-state index contributed by atoms with van der Waals surface area (Å²) in [6.07, 6.45) is 1.45. The summed E-state index contributed by atoms with van der Waals surface area (Å²) in [6, 6.07) is 21.1. The van der Waals surface area contributed by atoms with Crippen LogP contribution in [0.2, 0.25) is 0 Å². The average Bonchev–Trinajstić information content (AvgIpc) is 3.68. The second-order valence-corrected chi connectivity index (χ2v) is 10.2. The first-order valence-electron chi connectivity index (χ1n) is 14.0. The molecule has 2 atom stereocenters. The van der Waals surface area contributed by atoms with Gasteiger partial charge in [0.25, 0.3) is 5.91 Å². The van der Waals surface area contributed by atoms with E-state index in [1.54, 1.807) is 72.8 Å². The van der Waals surface area contributed by atoms with Crippen molar-refractivity contribution in [1.82, 2.24) is 10.4 Å². The number of nitrogens with one attached hydrogen (secondary N) is 1. The first kappa shape index (κ1) is 29.4. The van der Waals surface area contributed by atoms with E-state index in [1.807, 2.05) is 5.01 Å². The molecule has 1 saturated heterocycles. The van der Waals surface area contributed by atoms with Gasteiger partial charge in [0.05, 0.1) is 6.61 Å². The van der Waals surface area contributed by atoms with Gasteiger partial charge in [-0.2, -0.15) is 0 Å². The minimum atomic E-state index is -1.57. The number of nitrogens with zero attached hydrogens (tertiary/aromatic N) is 8. The Morgan fingerprint density at radius 3 is 2.42 bits per heavy atom. The van der Waals surface area contributed by atoms with Crippen molar-refractivity contribution in [1.29, 1.82) is 0 Å². The number of ether oxygens (including phenoxy) is 2. The Labute approximate surface area is 248 Å². The van der Waals surface area contributed by atoms with E-state index in [0.29, 0.717) is 59.9 Å². The molecule has 5 rings (SSSR count). The Morgan fingerprint density at radius 2 is 1.70 bits per heavy atom. The molecule has 0 aromatic heterocycles. The van der Waals surface area contributed by atoms with E-state index in [1.165, 1.54) is 0 Å². The molecular formula is C30H31N9O4. The van der Waals surface area contributed by atoms with Gasteiger partial charge in [0.15, 0.2) is 11.6 Å². The van der Waals surface area contributed by atoms with Crippen LogP contribution in [0.15, 0.2) is 88.0 Å². The smallest absolute Gasteiger partial charge is 0.266 e. The predicted molar refractivity (Wildman–Crippen MR) is 160 cm³/mol. The second-order valence-electron chi connectivity index (χ2n) is 10.2. The number of aliphatic imine (C=N–C) groups is 1. The maximum Gasteiger partial charge on any atom is 0.266 e.